The summed E-state index contributed by atoms with van der Waals surface area (Å²) in [6, 6.07) is 10.2. The molecule has 1 saturated heterocycles. The molecule has 0 bridgehead atoms. The highest BCUT2D eigenvalue weighted by Gasteiger charge is 2.23. The molecule has 1 N–H and O–H groups in total. The van der Waals surface area contributed by atoms with Crippen LogP contribution in [0.5, 0.6) is 0 Å². The number of rotatable bonds is 4. The van der Waals surface area contributed by atoms with Crippen LogP contribution in [0.2, 0.25) is 0 Å². The number of amides is 1. The molecular weight excluding hydrogens is 290 g/mol. The van der Waals surface area contributed by atoms with E-state index in [0.29, 0.717) is 18.7 Å². The zero-order valence-corrected chi connectivity index (χ0v) is 13.7. The van der Waals surface area contributed by atoms with E-state index in [-0.39, 0.29) is 11.9 Å². The van der Waals surface area contributed by atoms with Crippen molar-refractivity contribution in [2.45, 2.75) is 32.7 Å². The van der Waals surface area contributed by atoms with Gasteiger partial charge in [0, 0.05) is 44.1 Å². The lowest BCUT2D eigenvalue weighted by Crippen LogP contribution is -2.52. The molecule has 1 aliphatic heterocycles. The van der Waals surface area contributed by atoms with Gasteiger partial charge >= 0.3 is 0 Å². The number of carbonyl (C=O) groups excluding carboxylic acids is 1. The largest absolute Gasteiger partial charge is 0.440 e. The van der Waals surface area contributed by atoms with Gasteiger partial charge in [-0.05, 0) is 13.8 Å². The van der Waals surface area contributed by atoms with E-state index in [4.69, 9.17) is 4.42 Å². The molecule has 0 saturated carbocycles. The molecule has 3 rings (SSSR count). The number of hydrogen-bond donors (Lipinski definition) is 1. The summed E-state index contributed by atoms with van der Waals surface area (Å²) in [5.74, 6) is 1.61. The molecule has 1 atom stereocenters. The van der Waals surface area contributed by atoms with Crippen LogP contribution in [-0.2, 0) is 11.2 Å². The molecule has 1 aliphatic rings. The third-order valence-electron chi connectivity index (χ3n) is 4.25. The Balaban J connectivity index is 1.64. The van der Waals surface area contributed by atoms with Crippen molar-refractivity contribution in [3.8, 4) is 11.3 Å². The number of oxazole rings is 1. The van der Waals surface area contributed by atoms with Gasteiger partial charge in [-0.2, -0.15) is 0 Å². The van der Waals surface area contributed by atoms with E-state index in [9.17, 15) is 4.79 Å². The second-order valence-electron chi connectivity index (χ2n) is 6.03. The topological polar surface area (TPSA) is 58.4 Å². The second kappa shape index (κ2) is 6.96. The van der Waals surface area contributed by atoms with Crippen molar-refractivity contribution in [3.63, 3.8) is 0 Å². The minimum atomic E-state index is 0.177. The maximum absolute atomic E-state index is 12.4. The zero-order valence-electron chi connectivity index (χ0n) is 13.7. The van der Waals surface area contributed by atoms with E-state index >= 15 is 0 Å². The average molecular weight is 313 g/mol. The SMILES string of the molecule is Cc1nc(CCC(=O)N2CCNC[C@H]2C)oc1-c1ccccc1. The normalized spacial score (nSPS) is 18.2. The van der Waals surface area contributed by atoms with E-state index in [0.717, 1.165) is 36.7 Å². The Morgan fingerprint density at radius 2 is 2.17 bits per heavy atom. The summed E-state index contributed by atoms with van der Waals surface area (Å²) in [5.41, 5.74) is 1.89. The van der Waals surface area contributed by atoms with Crippen molar-refractivity contribution < 1.29 is 9.21 Å². The summed E-state index contributed by atoms with van der Waals surface area (Å²) in [6.45, 7) is 6.52. The summed E-state index contributed by atoms with van der Waals surface area (Å²) in [5, 5.41) is 3.30. The maximum atomic E-state index is 12.4. The van der Waals surface area contributed by atoms with Crippen molar-refractivity contribution in [1.82, 2.24) is 15.2 Å². The molecule has 1 amide bonds. The summed E-state index contributed by atoms with van der Waals surface area (Å²) in [4.78, 5) is 18.8. The first kappa shape index (κ1) is 15.7. The van der Waals surface area contributed by atoms with Crippen LogP contribution in [0, 0.1) is 6.92 Å². The number of aromatic nitrogens is 1. The Labute approximate surface area is 136 Å². The Kier molecular flexibility index (Phi) is 4.76. The molecule has 1 fully saturated rings. The Bertz CT molecular complexity index is 666. The smallest absolute Gasteiger partial charge is 0.223 e. The molecule has 0 aliphatic carbocycles. The van der Waals surface area contributed by atoms with Gasteiger partial charge < -0.3 is 14.6 Å². The lowest BCUT2D eigenvalue weighted by Gasteiger charge is -2.34. The lowest BCUT2D eigenvalue weighted by atomic mass is 10.1. The van der Waals surface area contributed by atoms with E-state index in [1.807, 2.05) is 42.2 Å². The standard InChI is InChI=1S/C18H23N3O2/c1-13-12-19-10-11-21(13)17(22)9-8-16-20-14(2)18(23-16)15-6-4-3-5-7-15/h3-7,13,19H,8-12H2,1-2H3/t13-/m1/s1. The molecule has 2 aromatic rings. The maximum Gasteiger partial charge on any atom is 0.223 e. The molecular formula is C18H23N3O2. The number of hydrogen-bond acceptors (Lipinski definition) is 4. The van der Waals surface area contributed by atoms with Gasteiger partial charge in [0.25, 0.3) is 0 Å². The Morgan fingerprint density at radius 1 is 1.39 bits per heavy atom. The van der Waals surface area contributed by atoms with Gasteiger partial charge in [0.15, 0.2) is 11.7 Å². The van der Waals surface area contributed by atoms with Crippen molar-refractivity contribution in [1.29, 1.82) is 0 Å². The predicted molar refractivity (Wildman–Crippen MR) is 89.0 cm³/mol. The number of nitrogens with zero attached hydrogens (tertiary/aromatic N) is 2. The summed E-state index contributed by atoms with van der Waals surface area (Å²) < 4.78 is 5.87. The molecule has 0 radical (unpaired) electrons. The molecule has 1 aromatic heterocycles. The van der Waals surface area contributed by atoms with E-state index in [2.05, 4.69) is 17.2 Å². The van der Waals surface area contributed by atoms with Crippen LogP contribution in [0.3, 0.4) is 0 Å². The average Bonchev–Trinajstić information content (AvgIpc) is 2.95. The number of aryl methyl sites for hydroxylation is 2. The van der Waals surface area contributed by atoms with E-state index in [1.165, 1.54) is 0 Å². The van der Waals surface area contributed by atoms with Crippen molar-refractivity contribution in [2.75, 3.05) is 19.6 Å². The number of carbonyl (C=O) groups is 1. The molecule has 0 unspecified atom stereocenters. The fourth-order valence-corrected chi connectivity index (χ4v) is 2.99. The highest BCUT2D eigenvalue weighted by molar-refractivity contribution is 5.76. The summed E-state index contributed by atoms with van der Waals surface area (Å²) in [7, 11) is 0. The van der Waals surface area contributed by atoms with Crippen LogP contribution in [0.25, 0.3) is 11.3 Å². The van der Waals surface area contributed by atoms with Crippen molar-refractivity contribution >= 4 is 5.91 Å². The Hall–Kier alpha value is -2.14. The molecule has 122 valence electrons. The number of piperazine rings is 1. The molecule has 1 aromatic carbocycles. The van der Waals surface area contributed by atoms with Crippen LogP contribution in [0.4, 0.5) is 0 Å². The first-order chi connectivity index (χ1) is 11.1. The highest BCUT2D eigenvalue weighted by atomic mass is 16.4. The predicted octanol–water partition coefficient (Wildman–Crippen LogP) is 2.40. The first-order valence-electron chi connectivity index (χ1n) is 8.17. The van der Waals surface area contributed by atoms with Crippen LogP contribution in [-0.4, -0.2) is 41.5 Å². The van der Waals surface area contributed by atoms with E-state index < -0.39 is 0 Å². The molecule has 5 heteroatoms. The first-order valence-corrected chi connectivity index (χ1v) is 8.17. The van der Waals surface area contributed by atoms with Crippen LogP contribution in [0.1, 0.15) is 24.9 Å². The molecule has 0 spiro atoms. The fourth-order valence-electron chi connectivity index (χ4n) is 2.99. The van der Waals surface area contributed by atoms with Gasteiger partial charge in [-0.25, -0.2) is 4.98 Å². The van der Waals surface area contributed by atoms with Gasteiger partial charge in [-0.3, -0.25) is 4.79 Å². The second-order valence-corrected chi connectivity index (χ2v) is 6.03. The third kappa shape index (κ3) is 3.62. The molecule has 23 heavy (non-hydrogen) atoms. The Morgan fingerprint density at radius 3 is 2.91 bits per heavy atom. The minimum absolute atomic E-state index is 0.177. The molecule has 2 heterocycles. The monoisotopic (exact) mass is 313 g/mol. The lowest BCUT2D eigenvalue weighted by molar-refractivity contribution is -0.134. The van der Waals surface area contributed by atoms with E-state index in [1.54, 1.807) is 0 Å². The summed E-state index contributed by atoms with van der Waals surface area (Å²) in [6.07, 6.45) is 0.988. The third-order valence-corrected chi connectivity index (χ3v) is 4.25. The number of nitrogens with one attached hydrogen (secondary N) is 1. The zero-order chi connectivity index (χ0) is 16.2. The molecule has 5 nitrogen and oxygen atoms in total. The van der Waals surface area contributed by atoms with Crippen molar-refractivity contribution in [3.05, 3.63) is 41.9 Å². The van der Waals surface area contributed by atoms with Crippen LogP contribution in [0.15, 0.2) is 34.7 Å². The van der Waals surface area contributed by atoms with Gasteiger partial charge in [0.1, 0.15) is 0 Å². The van der Waals surface area contributed by atoms with Gasteiger partial charge in [0.05, 0.1) is 5.69 Å². The highest BCUT2D eigenvalue weighted by Crippen LogP contribution is 2.24. The van der Waals surface area contributed by atoms with Gasteiger partial charge in [0.2, 0.25) is 5.91 Å². The number of benzene rings is 1. The van der Waals surface area contributed by atoms with Gasteiger partial charge in [-0.15, -0.1) is 0 Å². The fraction of sp³-hybridized carbons (Fsp3) is 0.444. The van der Waals surface area contributed by atoms with Crippen LogP contribution < -0.4 is 5.32 Å². The van der Waals surface area contributed by atoms with Gasteiger partial charge in [-0.1, -0.05) is 30.3 Å². The minimum Gasteiger partial charge on any atom is -0.440 e. The summed E-state index contributed by atoms with van der Waals surface area (Å²) >= 11 is 0. The van der Waals surface area contributed by atoms with Crippen molar-refractivity contribution in [2.24, 2.45) is 0 Å². The van der Waals surface area contributed by atoms with Crippen LogP contribution >= 0.6 is 0 Å². The quantitative estimate of drug-likeness (QED) is 0.941.